The van der Waals surface area contributed by atoms with Gasteiger partial charge in [0.2, 0.25) is 0 Å². The zero-order valence-electron chi connectivity index (χ0n) is 17.4. The molecule has 0 saturated heterocycles. The molecule has 7 nitrogen and oxygen atoms in total. The molecule has 0 unspecified atom stereocenters. The Morgan fingerprint density at radius 2 is 2.00 bits per heavy atom. The number of carbonyl (C=O) groups excluding carboxylic acids is 2. The predicted octanol–water partition coefficient (Wildman–Crippen LogP) is 5.77. The molecule has 2 heterocycles. The summed E-state index contributed by atoms with van der Waals surface area (Å²) in [6.45, 7) is 3.53. The summed E-state index contributed by atoms with van der Waals surface area (Å²) >= 11 is 8.30. The number of thiazole rings is 1. The number of rotatable bonds is 7. The Hall–Kier alpha value is -3.19. The van der Waals surface area contributed by atoms with Gasteiger partial charge in [-0.3, -0.25) is 0 Å². The van der Waals surface area contributed by atoms with Crippen LogP contribution >= 0.6 is 34.3 Å². The average molecular weight is 488 g/mol. The van der Waals surface area contributed by atoms with E-state index in [0.717, 1.165) is 22.6 Å². The number of benzene rings is 1. The van der Waals surface area contributed by atoms with E-state index in [2.05, 4.69) is 16.4 Å². The van der Waals surface area contributed by atoms with Crippen molar-refractivity contribution in [2.24, 2.45) is 0 Å². The number of allylic oxidation sites excluding steroid dienone is 1. The highest BCUT2D eigenvalue weighted by Crippen LogP contribution is 2.35. The normalized spacial score (nSPS) is 11.0. The Bertz CT molecular complexity index is 1220. The van der Waals surface area contributed by atoms with Gasteiger partial charge < -0.3 is 14.8 Å². The van der Waals surface area contributed by atoms with Gasteiger partial charge in [-0.2, -0.15) is 5.26 Å². The molecule has 0 atom stereocenters. The van der Waals surface area contributed by atoms with Gasteiger partial charge in [0.05, 0.1) is 25.0 Å². The fraction of sp³-hybridized carbons (Fsp3) is 0.182. The van der Waals surface area contributed by atoms with Crippen LogP contribution in [0.2, 0.25) is 5.02 Å². The van der Waals surface area contributed by atoms with E-state index in [1.807, 2.05) is 17.5 Å². The molecular weight excluding hydrogens is 470 g/mol. The van der Waals surface area contributed by atoms with Crippen molar-refractivity contribution in [2.75, 3.05) is 19.0 Å². The maximum Gasteiger partial charge on any atom is 0.348 e. The number of hydrogen-bond acceptors (Lipinski definition) is 9. The molecule has 0 amide bonds. The molecule has 0 aliphatic rings. The Morgan fingerprint density at radius 3 is 2.62 bits per heavy atom. The van der Waals surface area contributed by atoms with E-state index < -0.39 is 11.9 Å². The van der Waals surface area contributed by atoms with E-state index in [1.54, 1.807) is 26.0 Å². The minimum atomic E-state index is -0.565. The van der Waals surface area contributed by atoms with E-state index in [4.69, 9.17) is 21.1 Å². The van der Waals surface area contributed by atoms with Crippen LogP contribution in [0.15, 0.2) is 35.8 Å². The van der Waals surface area contributed by atoms with Crippen molar-refractivity contribution in [3.63, 3.8) is 0 Å². The lowest BCUT2D eigenvalue weighted by Crippen LogP contribution is -2.08. The van der Waals surface area contributed by atoms with Gasteiger partial charge in [0, 0.05) is 22.2 Å². The smallest absolute Gasteiger partial charge is 0.348 e. The third kappa shape index (κ3) is 4.99. The number of hydrogen-bond donors (Lipinski definition) is 1. The molecule has 1 N–H and O–H groups in total. The number of ether oxygens (including phenoxy) is 2. The summed E-state index contributed by atoms with van der Waals surface area (Å²) in [5.74, 6) is -1.12. The van der Waals surface area contributed by atoms with Crippen molar-refractivity contribution < 1.29 is 19.1 Å². The summed E-state index contributed by atoms with van der Waals surface area (Å²) in [4.78, 5) is 29.4. The van der Waals surface area contributed by atoms with Gasteiger partial charge >= 0.3 is 11.9 Å². The highest BCUT2D eigenvalue weighted by Gasteiger charge is 2.26. The van der Waals surface area contributed by atoms with Gasteiger partial charge in [-0.25, -0.2) is 14.6 Å². The molecule has 0 saturated carbocycles. The number of aromatic nitrogens is 1. The number of esters is 2. The molecule has 10 heteroatoms. The van der Waals surface area contributed by atoms with Crippen LogP contribution in [-0.2, 0) is 9.47 Å². The van der Waals surface area contributed by atoms with Gasteiger partial charge in [-0.1, -0.05) is 23.7 Å². The Balaban J connectivity index is 1.93. The molecule has 0 radical (unpaired) electrons. The summed E-state index contributed by atoms with van der Waals surface area (Å²) in [6.07, 6.45) is 1.46. The number of anilines is 1. The second kappa shape index (κ2) is 10.4. The first kappa shape index (κ1) is 23.5. The van der Waals surface area contributed by atoms with Crippen LogP contribution < -0.4 is 5.32 Å². The second-order valence-electron chi connectivity index (χ2n) is 6.33. The quantitative estimate of drug-likeness (QED) is 0.333. The summed E-state index contributed by atoms with van der Waals surface area (Å²) < 4.78 is 9.93. The van der Waals surface area contributed by atoms with Crippen LogP contribution in [0.1, 0.15) is 37.5 Å². The molecule has 164 valence electrons. The van der Waals surface area contributed by atoms with Crippen LogP contribution in [0, 0.1) is 18.3 Å². The standard InChI is InChI=1S/C22H18ClN3O4S2/c1-4-30-21(27)17-12(2)18(22(28)29-3)32-20(17)25-10-14(9-24)19-26-16(11-31-19)13-5-7-15(23)8-6-13/h5-8,10-11,25H,4H2,1-3H3/b14-10-. The average Bonchev–Trinajstić information content (AvgIpc) is 3.39. The van der Waals surface area contributed by atoms with Crippen LogP contribution in [0.4, 0.5) is 5.00 Å². The minimum absolute atomic E-state index is 0.187. The zero-order valence-corrected chi connectivity index (χ0v) is 19.8. The molecule has 0 aliphatic heterocycles. The number of thiophene rings is 1. The van der Waals surface area contributed by atoms with E-state index in [0.29, 0.717) is 20.6 Å². The van der Waals surface area contributed by atoms with Gasteiger partial charge in [0.25, 0.3) is 0 Å². The lowest BCUT2D eigenvalue weighted by atomic mass is 10.1. The summed E-state index contributed by atoms with van der Waals surface area (Å²) in [6, 6.07) is 9.36. The first-order valence-electron chi connectivity index (χ1n) is 9.37. The lowest BCUT2D eigenvalue weighted by molar-refractivity contribution is 0.0527. The van der Waals surface area contributed by atoms with E-state index in [9.17, 15) is 14.9 Å². The molecule has 3 aromatic rings. The number of nitrogens with one attached hydrogen (secondary N) is 1. The van der Waals surface area contributed by atoms with Crippen molar-refractivity contribution >= 4 is 56.8 Å². The Morgan fingerprint density at radius 1 is 1.28 bits per heavy atom. The highest BCUT2D eigenvalue weighted by atomic mass is 35.5. The minimum Gasteiger partial charge on any atom is -0.465 e. The molecule has 2 aromatic heterocycles. The highest BCUT2D eigenvalue weighted by molar-refractivity contribution is 7.18. The molecule has 0 aliphatic carbocycles. The van der Waals surface area contributed by atoms with Crippen molar-refractivity contribution in [3.8, 4) is 17.3 Å². The molecule has 3 rings (SSSR count). The Kier molecular flexibility index (Phi) is 7.64. The first-order valence-corrected chi connectivity index (χ1v) is 11.4. The van der Waals surface area contributed by atoms with Crippen molar-refractivity contribution in [1.82, 2.24) is 4.98 Å². The summed E-state index contributed by atoms with van der Waals surface area (Å²) in [5, 5.41) is 16.0. The van der Waals surface area contributed by atoms with Crippen LogP contribution in [0.25, 0.3) is 16.8 Å². The van der Waals surface area contributed by atoms with Crippen LogP contribution in [0.3, 0.4) is 0 Å². The van der Waals surface area contributed by atoms with Crippen LogP contribution in [-0.4, -0.2) is 30.6 Å². The van der Waals surface area contributed by atoms with E-state index >= 15 is 0 Å². The van der Waals surface area contributed by atoms with E-state index in [-0.39, 0.29) is 22.6 Å². The third-order valence-electron chi connectivity index (χ3n) is 4.34. The SMILES string of the molecule is CCOC(=O)c1c(N/C=C(/C#N)c2nc(-c3ccc(Cl)cc3)cs2)sc(C(=O)OC)c1C. The van der Waals surface area contributed by atoms with Gasteiger partial charge in [0.15, 0.2) is 0 Å². The van der Waals surface area contributed by atoms with E-state index in [1.165, 1.54) is 24.6 Å². The number of methoxy groups -OCH3 is 1. The van der Waals surface area contributed by atoms with Gasteiger partial charge in [0.1, 0.15) is 26.5 Å². The fourth-order valence-electron chi connectivity index (χ4n) is 2.78. The van der Waals surface area contributed by atoms with Crippen molar-refractivity contribution in [1.29, 1.82) is 5.26 Å². The summed E-state index contributed by atoms with van der Waals surface area (Å²) in [5.41, 5.74) is 2.55. The topological polar surface area (TPSA) is 101 Å². The predicted molar refractivity (Wildman–Crippen MR) is 126 cm³/mol. The maximum absolute atomic E-state index is 12.5. The molecule has 1 aromatic carbocycles. The molecule has 32 heavy (non-hydrogen) atoms. The van der Waals surface area contributed by atoms with Crippen LogP contribution in [0.5, 0.6) is 0 Å². The maximum atomic E-state index is 12.5. The second-order valence-corrected chi connectivity index (χ2v) is 8.65. The van der Waals surface area contributed by atoms with Crippen molar-refractivity contribution in [3.05, 3.63) is 61.9 Å². The summed E-state index contributed by atoms with van der Waals surface area (Å²) in [7, 11) is 1.27. The monoisotopic (exact) mass is 487 g/mol. The Labute approximate surface area is 197 Å². The largest absolute Gasteiger partial charge is 0.465 e. The third-order valence-corrected chi connectivity index (χ3v) is 6.67. The first-order chi connectivity index (χ1) is 15.4. The molecule has 0 fully saturated rings. The number of halogens is 1. The number of nitrogens with zero attached hydrogens (tertiary/aromatic N) is 2. The zero-order chi connectivity index (χ0) is 23.3. The number of carbonyl (C=O) groups is 2. The van der Waals surface area contributed by atoms with Gasteiger partial charge in [-0.05, 0) is 31.5 Å². The van der Waals surface area contributed by atoms with Gasteiger partial charge in [-0.15, -0.1) is 22.7 Å². The van der Waals surface area contributed by atoms with Crippen molar-refractivity contribution in [2.45, 2.75) is 13.8 Å². The fourth-order valence-corrected chi connectivity index (χ4v) is 4.78. The number of nitriles is 1. The molecule has 0 spiro atoms. The molecule has 0 bridgehead atoms. The lowest BCUT2D eigenvalue weighted by Gasteiger charge is -2.05. The molecular formula is C22H18ClN3O4S2.